The van der Waals surface area contributed by atoms with Crippen molar-refractivity contribution in [2.45, 2.75) is 25.7 Å². The summed E-state index contributed by atoms with van der Waals surface area (Å²) < 4.78 is 5.84. The van der Waals surface area contributed by atoms with Crippen molar-refractivity contribution in [3.8, 4) is 5.75 Å². The fraction of sp³-hybridized carbons (Fsp3) is 0.364. The Morgan fingerprint density at radius 2 is 1.52 bits per heavy atom. The first kappa shape index (κ1) is 19.1. The zero-order valence-corrected chi connectivity index (χ0v) is 15.5. The molecule has 0 atom stereocenters. The van der Waals surface area contributed by atoms with E-state index in [0.717, 1.165) is 36.4 Å². The Kier molecular flexibility index (Phi) is 6.99. The minimum absolute atomic E-state index is 0.105. The molecule has 3 rings (SSSR count). The lowest BCUT2D eigenvalue weighted by Crippen LogP contribution is -2.31. The van der Waals surface area contributed by atoms with E-state index in [1.165, 1.54) is 44.5 Å². The highest BCUT2D eigenvalue weighted by atomic mass is 16.6. The number of hydrogen-bond donors (Lipinski definition) is 0. The Balaban J connectivity index is 1.43. The zero-order valence-electron chi connectivity index (χ0n) is 15.5. The number of nitro groups is 1. The van der Waals surface area contributed by atoms with E-state index in [4.69, 9.17) is 4.74 Å². The van der Waals surface area contributed by atoms with Crippen molar-refractivity contribution in [2.75, 3.05) is 26.2 Å². The van der Waals surface area contributed by atoms with Gasteiger partial charge in [-0.1, -0.05) is 30.7 Å². The van der Waals surface area contributed by atoms with E-state index in [9.17, 15) is 10.1 Å². The third-order valence-corrected chi connectivity index (χ3v) is 4.79. The number of nitro benzene ring substituents is 1. The number of rotatable bonds is 8. The van der Waals surface area contributed by atoms with Crippen LogP contribution in [0.2, 0.25) is 0 Å². The molecule has 0 saturated carbocycles. The molecule has 0 radical (unpaired) electrons. The Morgan fingerprint density at radius 1 is 0.926 bits per heavy atom. The molecule has 0 aromatic heterocycles. The maximum atomic E-state index is 10.7. The predicted molar refractivity (Wildman–Crippen MR) is 109 cm³/mol. The Morgan fingerprint density at radius 3 is 2.11 bits per heavy atom. The molecule has 0 N–H and O–H groups in total. The van der Waals surface area contributed by atoms with E-state index < -0.39 is 4.92 Å². The molecule has 2 aromatic carbocycles. The lowest BCUT2D eigenvalue weighted by atomic mass is 10.1. The monoisotopic (exact) mass is 366 g/mol. The molecule has 5 nitrogen and oxygen atoms in total. The third kappa shape index (κ3) is 6.22. The van der Waals surface area contributed by atoms with E-state index in [0.29, 0.717) is 0 Å². The lowest BCUT2D eigenvalue weighted by molar-refractivity contribution is -0.384. The summed E-state index contributed by atoms with van der Waals surface area (Å²) in [5.74, 6) is 0.890. The number of likely N-dealkylation sites (tertiary alicyclic amines) is 1. The van der Waals surface area contributed by atoms with Gasteiger partial charge in [-0.3, -0.25) is 10.1 Å². The minimum Gasteiger partial charge on any atom is -0.494 e. The summed E-state index contributed by atoms with van der Waals surface area (Å²) in [6.07, 6.45) is 9.02. The molecule has 2 aromatic rings. The van der Waals surface area contributed by atoms with Crippen LogP contribution in [0.5, 0.6) is 5.75 Å². The lowest BCUT2D eigenvalue weighted by Gasteiger charge is -2.26. The van der Waals surface area contributed by atoms with Gasteiger partial charge < -0.3 is 9.64 Å². The molecule has 1 heterocycles. The summed E-state index contributed by atoms with van der Waals surface area (Å²) in [4.78, 5) is 12.8. The van der Waals surface area contributed by atoms with Crippen LogP contribution in [0, 0.1) is 10.1 Å². The van der Waals surface area contributed by atoms with Crippen LogP contribution in [-0.4, -0.2) is 36.1 Å². The summed E-state index contributed by atoms with van der Waals surface area (Å²) in [5, 5.41) is 10.7. The second-order valence-electron chi connectivity index (χ2n) is 6.86. The van der Waals surface area contributed by atoms with Gasteiger partial charge in [-0.2, -0.15) is 0 Å². The molecular formula is C22H26N2O3. The highest BCUT2D eigenvalue weighted by molar-refractivity contribution is 5.70. The van der Waals surface area contributed by atoms with Gasteiger partial charge in [0.15, 0.2) is 0 Å². The first-order chi connectivity index (χ1) is 13.2. The van der Waals surface area contributed by atoms with Crippen molar-refractivity contribution >= 4 is 17.8 Å². The van der Waals surface area contributed by atoms with Gasteiger partial charge in [0.25, 0.3) is 5.69 Å². The Bertz CT molecular complexity index is 748. The maximum Gasteiger partial charge on any atom is 0.269 e. The smallest absolute Gasteiger partial charge is 0.269 e. The molecule has 0 bridgehead atoms. The largest absolute Gasteiger partial charge is 0.494 e. The molecule has 0 amide bonds. The van der Waals surface area contributed by atoms with Gasteiger partial charge in [-0.15, -0.1) is 0 Å². The normalized spacial score (nSPS) is 15.1. The van der Waals surface area contributed by atoms with Crippen LogP contribution in [0.4, 0.5) is 5.69 Å². The van der Waals surface area contributed by atoms with Gasteiger partial charge >= 0.3 is 0 Å². The zero-order chi connectivity index (χ0) is 18.9. The van der Waals surface area contributed by atoms with E-state index in [-0.39, 0.29) is 5.69 Å². The second-order valence-corrected chi connectivity index (χ2v) is 6.86. The average Bonchev–Trinajstić information content (AvgIpc) is 2.71. The highest BCUT2D eigenvalue weighted by Crippen LogP contribution is 2.17. The van der Waals surface area contributed by atoms with Crippen LogP contribution < -0.4 is 4.74 Å². The standard InChI is InChI=1S/C22H26N2O3/c25-24(26)21-11-7-19(8-12-21)5-6-20-9-13-22(14-10-20)27-18-4-17-23-15-2-1-3-16-23/h5-14H,1-4,15-18H2/b6-5+. The maximum absolute atomic E-state index is 10.7. The van der Waals surface area contributed by atoms with Crippen molar-refractivity contribution in [1.82, 2.24) is 4.90 Å². The van der Waals surface area contributed by atoms with Gasteiger partial charge in [0.05, 0.1) is 11.5 Å². The topological polar surface area (TPSA) is 55.6 Å². The van der Waals surface area contributed by atoms with Gasteiger partial charge in [0, 0.05) is 18.7 Å². The number of nitrogens with zero attached hydrogens (tertiary/aromatic N) is 2. The minimum atomic E-state index is -0.390. The molecule has 0 spiro atoms. The molecule has 1 aliphatic rings. The van der Waals surface area contributed by atoms with Gasteiger partial charge in [0.1, 0.15) is 5.75 Å². The Labute approximate surface area is 160 Å². The number of hydrogen-bond acceptors (Lipinski definition) is 4. The van der Waals surface area contributed by atoms with Crippen LogP contribution >= 0.6 is 0 Å². The molecule has 1 fully saturated rings. The van der Waals surface area contributed by atoms with E-state index in [1.54, 1.807) is 12.1 Å². The number of piperidine rings is 1. The average molecular weight is 366 g/mol. The summed E-state index contributed by atoms with van der Waals surface area (Å²) in [6, 6.07) is 14.5. The number of non-ortho nitro benzene ring substituents is 1. The van der Waals surface area contributed by atoms with Crippen LogP contribution in [0.1, 0.15) is 36.8 Å². The van der Waals surface area contributed by atoms with E-state index in [1.807, 2.05) is 36.4 Å². The molecule has 5 heteroatoms. The van der Waals surface area contributed by atoms with Crippen LogP contribution in [0.15, 0.2) is 48.5 Å². The first-order valence-electron chi connectivity index (χ1n) is 9.58. The molecular weight excluding hydrogens is 340 g/mol. The third-order valence-electron chi connectivity index (χ3n) is 4.79. The van der Waals surface area contributed by atoms with Crippen molar-refractivity contribution in [3.63, 3.8) is 0 Å². The van der Waals surface area contributed by atoms with E-state index >= 15 is 0 Å². The van der Waals surface area contributed by atoms with Crippen molar-refractivity contribution in [2.24, 2.45) is 0 Å². The first-order valence-corrected chi connectivity index (χ1v) is 9.58. The molecule has 1 aliphatic heterocycles. The molecule has 1 saturated heterocycles. The van der Waals surface area contributed by atoms with Gasteiger partial charge in [-0.25, -0.2) is 0 Å². The SMILES string of the molecule is O=[N+]([O-])c1ccc(/C=C/c2ccc(OCCCN3CCCCC3)cc2)cc1. The van der Waals surface area contributed by atoms with Crippen molar-refractivity contribution < 1.29 is 9.66 Å². The highest BCUT2D eigenvalue weighted by Gasteiger charge is 2.09. The molecule has 0 aliphatic carbocycles. The predicted octanol–water partition coefficient (Wildman–Crippen LogP) is 5.02. The molecule has 0 unspecified atom stereocenters. The second kappa shape index (κ2) is 9.88. The van der Waals surface area contributed by atoms with Crippen molar-refractivity contribution in [1.29, 1.82) is 0 Å². The van der Waals surface area contributed by atoms with Gasteiger partial charge in [0.2, 0.25) is 0 Å². The summed E-state index contributed by atoms with van der Waals surface area (Å²) in [6.45, 7) is 4.33. The Hall–Kier alpha value is -2.66. The van der Waals surface area contributed by atoms with Crippen LogP contribution in [0.3, 0.4) is 0 Å². The van der Waals surface area contributed by atoms with Crippen LogP contribution in [-0.2, 0) is 0 Å². The number of benzene rings is 2. The quantitative estimate of drug-likeness (QED) is 0.285. The fourth-order valence-corrected chi connectivity index (χ4v) is 3.24. The van der Waals surface area contributed by atoms with Crippen molar-refractivity contribution in [3.05, 3.63) is 69.8 Å². The fourth-order valence-electron chi connectivity index (χ4n) is 3.24. The van der Waals surface area contributed by atoms with Crippen LogP contribution in [0.25, 0.3) is 12.2 Å². The summed E-state index contributed by atoms with van der Waals surface area (Å²) >= 11 is 0. The van der Waals surface area contributed by atoms with E-state index in [2.05, 4.69) is 4.90 Å². The summed E-state index contributed by atoms with van der Waals surface area (Å²) in [5.41, 5.74) is 2.10. The van der Waals surface area contributed by atoms with Gasteiger partial charge in [-0.05, 0) is 67.7 Å². The molecule has 27 heavy (non-hydrogen) atoms. The summed E-state index contributed by atoms with van der Waals surface area (Å²) in [7, 11) is 0. The number of ether oxygens (including phenoxy) is 1. The molecule has 142 valence electrons.